The third-order valence-corrected chi connectivity index (χ3v) is 3.85. The van der Waals surface area contributed by atoms with Gasteiger partial charge >= 0.3 is 0 Å². The lowest BCUT2D eigenvalue weighted by Gasteiger charge is -2.16. The van der Waals surface area contributed by atoms with Crippen LogP contribution in [-0.2, 0) is 0 Å². The highest BCUT2D eigenvalue weighted by Crippen LogP contribution is 2.28. The van der Waals surface area contributed by atoms with Crippen molar-refractivity contribution in [1.82, 2.24) is 9.97 Å². The quantitative estimate of drug-likeness (QED) is 0.868. The van der Waals surface area contributed by atoms with Gasteiger partial charge in [-0.1, -0.05) is 22.9 Å². The Labute approximate surface area is 114 Å². The number of anilines is 1. The summed E-state index contributed by atoms with van der Waals surface area (Å²) in [6.07, 6.45) is 2.69. The summed E-state index contributed by atoms with van der Waals surface area (Å²) < 4.78 is 0. The Bertz CT molecular complexity index is 509. The predicted molar refractivity (Wildman–Crippen MR) is 78.2 cm³/mol. The van der Waals surface area contributed by atoms with Crippen molar-refractivity contribution in [1.29, 1.82) is 0 Å². The number of hydrogen-bond acceptors (Lipinski definition) is 4. The number of hydrogen-bond donors (Lipinski definition) is 1. The standard InChI is InChI=1S/C12H16BrN3S/c1-7(13)4-8(2)16-11-10-5-9(3)17-12(10)15-6-14-11/h5-8H,4H2,1-3H3,(H,14,15,16). The summed E-state index contributed by atoms with van der Waals surface area (Å²) in [6, 6.07) is 2.54. The van der Waals surface area contributed by atoms with Gasteiger partial charge in [0.25, 0.3) is 0 Å². The lowest BCUT2D eigenvalue weighted by atomic mass is 10.2. The number of aromatic nitrogens is 2. The van der Waals surface area contributed by atoms with Crippen molar-refractivity contribution in [2.75, 3.05) is 5.32 Å². The summed E-state index contributed by atoms with van der Waals surface area (Å²) in [5, 5.41) is 4.58. The number of halogens is 1. The van der Waals surface area contributed by atoms with E-state index in [2.05, 4.69) is 58.1 Å². The van der Waals surface area contributed by atoms with Gasteiger partial charge in [0.1, 0.15) is 17.0 Å². The van der Waals surface area contributed by atoms with Crippen LogP contribution in [0.4, 0.5) is 5.82 Å². The first kappa shape index (κ1) is 12.8. The van der Waals surface area contributed by atoms with Crippen molar-refractivity contribution in [3.8, 4) is 0 Å². The van der Waals surface area contributed by atoms with Gasteiger partial charge in [-0.2, -0.15) is 0 Å². The highest BCUT2D eigenvalue weighted by atomic mass is 79.9. The lowest BCUT2D eigenvalue weighted by Crippen LogP contribution is -2.19. The molecule has 2 heterocycles. The van der Waals surface area contributed by atoms with E-state index >= 15 is 0 Å². The Morgan fingerprint density at radius 2 is 2.18 bits per heavy atom. The van der Waals surface area contributed by atoms with Gasteiger partial charge in [0.15, 0.2) is 0 Å². The average Bonchev–Trinajstić information content (AvgIpc) is 2.58. The van der Waals surface area contributed by atoms with E-state index in [9.17, 15) is 0 Å². The average molecular weight is 314 g/mol. The second-order valence-electron chi connectivity index (χ2n) is 4.36. The number of fused-ring (bicyclic) bond motifs is 1. The Kier molecular flexibility index (Phi) is 3.99. The van der Waals surface area contributed by atoms with Crippen LogP contribution >= 0.6 is 27.3 Å². The molecule has 2 atom stereocenters. The Morgan fingerprint density at radius 1 is 1.41 bits per heavy atom. The number of alkyl halides is 1. The Hall–Kier alpha value is -0.680. The molecule has 0 aliphatic carbocycles. The molecule has 2 aromatic rings. The molecule has 0 bridgehead atoms. The second kappa shape index (κ2) is 5.31. The number of rotatable bonds is 4. The molecule has 2 unspecified atom stereocenters. The number of aryl methyl sites for hydroxylation is 1. The van der Waals surface area contributed by atoms with Gasteiger partial charge in [0, 0.05) is 15.7 Å². The van der Waals surface area contributed by atoms with E-state index in [1.165, 1.54) is 4.88 Å². The molecule has 2 aromatic heterocycles. The molecule has 5 heteroatoms. The predicted octanol–water partition coefficient (Wildman–Crippen LogP) is 3.97. The smallest absolute Gasteiger partial charge is 0.138 e. The highest BCUT2D eigenvalue weighted by Gasteiger charge is 2.10. The van der Waals surface area contributed by atoms with Crippen LogP contribution in [0.15, 0.2) is 12.4 Å². The van der Waals surface area contributed by atoms with Gasteiger partial charge in [0.05, 0.1) is 5.39 Å². The van der Waals surface area contributed by atoms with E-state index < -0.39 is 0 Å². The highest BCUT2D eigenvalue weighted by molar-refractivity contribution is 9.09. The van der Waals surface area contributed by atoms with E-state index in [0.29, 0.717) is 10.9 Å². The third kappa shape index (κ3) is 3.16. The van der Waals surface area contributed by atoms with Gasteiger partial charge in [-0.3, -0.25) is 0 Å². The van der Waals surface area contributed by atoms with Crippen molar-refractivity contribution in [2.24, 2.45) is 0 Å². The molecule has 0 saturated heterocycles. The van der Waals surface area contributed by atoms with E-state index in [1.807, 2.05) is 0 Å². The summed E-state index contributed by atoms with van der Waals surface area (Å²) in [5.41, 5.74) is 0. The van der Waals surface area contributed by atoms with Crippen LogP contribution in [0.3, 0.4) is 0 Å². The molecular weight excluding hydrogens is 298 g/mol. The maximum Gasteiger partial charge on any atom is 0.138 e. The fourth-order valence-corrected chi connectivity index (χ4v) is 3.28. The van der Waals surface area contributed by atoms with E-state index in [-0.39, 0.29) is 0 Å². The largest absolute Gasteiger partial charge is 0.367 e. The number of nitrogens with zero attached hydrogens (tertiary/aromatic N) is 2. The Balaban J connectivity index is 2.23. The van der Waals surface area contributed by atoms with E-state index in [4.69, 9.17) is 0 Å². The van der Waals surface area contributed by atoms with Crippen LogP contribution in [0.1, 0.15) is 25.1 Å². The first-order chi connectivity index (χ1) is 8.06. The van der Waals surface area contributed by atoms with Crippen LogP contribution in [0.5, 0.6) is 0 Å². The lowest BCUT2D eigenvalue weighted by molar-refractivity contribution is 0.706. The molecule has 0 aromatic carbocycles. The SMILES string of the molecule is Cc1cc2c(NC(C)CC(C)Br)ncnc2s1. The third-order valence-electron chi connectivity index (χ3n) is 2.51. The minimum atomic E-state index is 0.391. The van der Waals surface area contributed by atoms with Crippen LogP contribution in [-0.4, -0.2) is 20.8 Å². The van der Waals surface area contributed by atoms with Crippen LogP contribution < -0.4 is 5.32 Å². The molecule has 0 aliphatic rings. The first-order valence-corrected chi connectivity index (χ1v) is 7.41. The van der Waals surface area contributed by atoms with Crippen molar-refractivity contribution < 1.29 is 0 Å². The van der Waals surface area contributed by atoms with Crippen molar-refractivity contribution >= 4 is 43.3 Å². The van der Waals surface area contributed by atoms with Crippen molar-refractivity contribution in [2.45, 2.75) is 38.1 Å². The minimum Gasteiger partial charge on any atom is -0.367 e. The van der Waals surface area contributed by atoms with E-state index in [0.717, 1.165) is 22.5 Å². The number of nitrogens with one attached hydrogen (secondary N) is 1. The van der Waals surface area contributed by atoms with E-state index in [1.54, 1.807) is 17.7 Å². The molecule has 0 aliphatic heterocycles. The molecule has 2 rings (SSSR count). The van der Waals surface area contributed by atoms with Crippen molar-refractivity contribution in [3.05, 3.63) is 17.3 Å². The molecule has 0 spiro atoms. The zero-order valence-corrected chi connectivity index (χ0v) is 12.6. The monoisotopic (exact) mass is 313 g/mol. The minimum absolute atomic E-state index is 0.391. The summed E-state index contributed by atoms with van der Waals surface area (Å²) in [4.78, 5) is 11.5. The summed E-state index contributed by atoms with van der Waals surface area (Å²) in [7, 11) is 0. The molecule has 0 amide bonds. The molecule has 0 radical (unpaired) electrons. The fourth-order valence-electron chi connectivity index (χ4n) is 1.87. The van der Waals surface area contributed by atoms with Gasteiger partial charge < -0.3 is 5.32 Å². The normalized spacial score (nSPS) is 14.8. The molecular formula is C12H16BrN3S. The van der Waals surface area contributed by atoms with Crippen LogP contribution in [0.25, 0.3) is 10.2 Å². The zero-order chi connectivity index (χ0) is 12.4. The molecule has 1 N–H and O–H groups in total. The number of thiophene rings is 1. The van der Waals surface area contributed by atoms with Crippen molar-refractivity contribution in [3.63, 3.8) is 0 Å². The molecule has 3 nitrogen and oxygen atoms in total. The van der Waals surface area contributed by atoms with Crippen LogP contribution in [0.2, 0.25) is 0 Å². The zero-order valence-electron chi connectivity index (χ0n) is 10.2. The topological polar surface area (TPSA) is 37.8 Å². The molecule has 0 fully saturated rings. The Morgan fingerprint density at radius 3 is 2.88 bits per heavy atom. The van der Waals surface area contributed by atoms with Crippen LogP contribution in [0, 0.1) is 6.92 Å². The summed E-state index contributed by atoms with van der Waals surface area (Å²) >= 11 is 5.28. The molecule has 92 valence electrons. The molecule has 0 saturated carbocycles. The summed E-state index contributed by atoms with van der Waals surface area (Å²) in [6.45, 7) is 6.42. The maximum atomic E-state index is 4.34. The second-order valence-corrected chi connectivity index (χ2v) is 7.16. The molecule has 17 heavy (non-hydrogen) atoms. The maximum absolute atomic E-state index is 4.34. The van der Waals surface area contributed by atoms with Gasteiger partial charge in [-0.05, 0) is 26.3 Å². The van der Waals surface area contributed by atoms with Gasteiger partial charge in [-0.25, -0.2) is 9.97 Å². The van der Waals surface area contributed by atoms with Gasteiger partial charge in [-0.15, -0.1) is 11.3 Å². The summed E-state index contributed by atoms with van der Waals surface area (Å²) in [5.74, 6) is 0.944. The van der Waals surface area contributed by atoms with Gasteiger partial charge in [0.2, 0.25) is 0 Å². The fraction of sp³-hybridized carbons (Fsp3) is 0.500. The first-order valence-electron chi connectivity index (χ1n) is 5.68.